The van der Waals surface area contributed by atoms with Crippen molar-refractivity contribution >= 4 is 0 Å². The van der Waals surface area contributed by atoms with Gasteiger partial charge >= 0.3 is 0 Å². The van der Waals surface area contributed by atoms with Gasteiger partial charge in [-0.15, -0.1) is 0 Å². The topological polar surface area (TPSA) is 15.7 Å². The summed E-state index contributed by atoms with van der Waals surface area (Å²) in [5.41, 5.74) is 0. The average Bonchev–Trinajstić information content (AvgIpc) is 2.46. The maximum absolute atomic E-state index is 5.42. The monoisotopic (exact) mass is 254 g/mol. The zero-order valence-electron chi connectivity index (χ0n) is 12.2. The Morgan fingerprint density at radius 2 is 1.28 bits per heavy atom. The predicted molar refractivity (Wildman–Crippen MR) is 76.0 cm³/mol. The molecular weight excluding hydrogens is 224 g/mol. The number of morpholine rings is 1. The molecule has 0 aromatic rings. The third-order valence-corrected chi connectivity index (χ3v) is 4.69. The molecule has 2 rings (SSSR count). The number of likely N-dealkylation sites (tertiary alicyclic amines) is 1. The highest BCUT2D eigenvalue weighted by molar-refractivity contribution is 4.75. The van der Waals surface area contributed by atoms with E-state index < -0.39 is 0 Å². The van der Waals surface area contributed by atoms with Gasteiger partial charge in [0, 0.05) is 25.2 Å². The summed E-state index contributed by atoms with van der Waals surface area (Å²) in [5, 5.41) is 0. The summed E-state index contributed by atoms with van der Waals surface area (Å²) in [6.45, 7) is 11.5. The molecule has 0 amide bonds. The van der Waals surface area contributed by atoms with E-state index in [1.54, 1.807) is 0 Å². The fraction of sp³-hybridized carbons (Fsp3) is 1.00. The van der Waals surface area contributed by atoms with Gasteiger partial charge in [-0.3, -0.25) is 4.90 Å². The van der Waals surface area contributed by atoms with Gasteiger partial charge in [-0.05, 0) is 52.6 Å². The van der Waals surface area contributed by atoms with Crippen molar-refractivity contribution in [2.45, 2.75) is 58.0 Å². The number of piperidine rings is 1. The molecular formula is C15H30N2O. The Bertz CT molecular complexity index is 199. The van der Waals surface area contributed by atoms with E-state index in [0.717, 1.165) is 38.4 Å². The van der Waals surface area contributed by atoms with E-state index in [1.807, 2.05) is 0 Å². The Labute approximate surface area is 112 Å². The molecule has 106 valence electrons. The maximum Gasteiger partial charge on any atom is 0.0594 e. The smallest absolute Gasteiger partial charge is 0.0594 e. The highest BCUT2D eigenvalue weighted by Gasteiger charge is 2.20. The second-order valence-corrected chi connectivity index (χ2v) is 6.02. The highest BCUT2D eigenvalue weighted by Crippen LogP contribution is 2.17. The molecule has 18 heavy (non-hydrogen) atoms. The molecule has 0 spiro atoms. The number of nitrogens with zero attached hydrogens (tertiary/aromatic N) is 2. The zero-order valence-corrected chi connectivity index (χ0v) is 12.2. The zero-order chi connectivity index (χ0) is 12.8. The predicted octanol–water partition coefficient (Wildman–Crippen LogP) is 2.36. The number of ether oxygens (including phenoxy) is 1. The lowest BCUT2D eigenvalue weighted by atomic mass is 10.0. The van der Waals surface area contributed by atoms with Crippen LogP contribution in [0.2, 0.25) is 0 Å². The summed E-state index contributed by atoms with van der Waals surface area (Å²) in [5.74, 6) is 0. The molecule has 3 nitrogen and oxygen atoms in total. The summed E-state index contributed by atoms with van der Waals surface area (Å²) < 4.78 is 5.42. The van der Waals surface area contributed by atoms with Crippen LogP contribution in [0.15, 0.2) is 0 Å². The van der Waals surface area contributed by atoms with Gasteiger partial charge < -0.3 is 9.64 Å². The van der Waals surface area contributed by atoms with Crippen LogP contribution in [-0.2, 0) is 4.74 Å². The molecule has 2 aliphatic heterocycles. The average molecular weight is 254 g/mol. The van der Waals surface area contributed by atoms with Crippen molar-refractivity contribution < 1.29 is 4.74 Å². The molecule has 0 aliphatic carbocycles. The Hall–Kier alpha value is -0.120. The van der Waals surface area contributed by atoms with E-state index in [4.69, 9.17) is 4.74 Å². The lowest BCUT2D eigenvalue weighted by Crippen LogP contribution is -2.43. The van der Waals surface area contributed by atoms with E-state index in [1.165, 1.54) is 45.2 Å². The first-order chi connectivity index (χ1) is 8.77. The normalized spacial score (nSPS) is 27.0. The van der Waals surface area contributed by atoms with E-state index >= 15 is 0 Å². The van der Waals surface area contributed by atoms with Crippen molar-refractivity contribution in [2.75, 3.05) is 39.4 Å². The van der Waals surface area contributed by atoms with Crippen LogP contribution in [0.3, 0.4) is 0 Å². The van der Waals surface area contributed by atoms with Crippen LogP contribution in [0.4, 0.5) is 0 Å². The Morgan fingerprint density at radius 3 is 1.83 bits per heavy atom. The van der Waals surface area contributed by atoms with E-state index in [2.05, 4.69) is 23.6 Å². The molecule has 0 aromatic heterocycles. The Kier molecular flexibility index (Phi) is 5.93. The van der Waals surface area contributed by atoms with Crippen LogP contribution in [-0.4, -0.2) is 61.3 Å². The molecule has 2 saturated heterocycles. The van der Waals surface area contributed by atoms with Crippen molar-refractivity contribution in [1.82, 2.24) is 9.80 Å². The van der Waals surface area contributed by atoms with Crippen molar-refractivity contribution in [3.63, 3.8) is 0 Å². The molecule has 3 heteroatoms. The second-order valence-electron chi connectivity index (χ2n) is 6.02. The minimum Gasteiger partial charge on any atom is -0.379 e. The van der Waals surface area contributed by atoms with E-state index in [0.29, 0.717) is 0 Å². The molecule has 2 heterocycles. The standard InChI is InChI=1S/C15H30N2O/c1-14(16-8-4-3-5-9-16)6-7-15(2)17-10-12-18-13-11-17/h14-15H,3-13H2,1-2H3. The minimum absolute atomic E-state index is 0.723. The first-order valence-electron chi connectivity index (χ1n) is 7.83. The highest BCUT2D eigenvalue weighted by atomic mass is 16.5. The maximum atomic E-state index is 5.42. The van der Waals surface area contributed by atoms with E-state index in [9.17, 15) is 0 Å². The van der Waals surface area contributed by atoms with Gasteiger partial charge in [0.1, 0.15) is 0 Å². The van der Waals surface area contributed by atoms with Gasteiger partial charge in [0.05, 0.1) is 13.2 Å². The second kappa shape index (κ2) is 7.46. The molecule has 0 radical (unpaired) electrons. The fourth-order valence-corrected chi connectivity index (χ4v) is 3.22. The van der Waals surface area contributed by atoms with Gasteiger partial charge in [-0.25, -0.2) is 0 Å². The van der Waals surface area contributed by atoms with Crippen LogP contribution in [0.25, 0.3) is 0 Å². The van der Waals surface area contributed by atoms with Gasteiger partial charge in [0.25, 0.3) is 0 Å². The lowest BCUT2D eigenvalue weighted by Gasteiger charge is -2.35. The molecule has 0 bridgehead atoms. The van der Waals surface area contributed by atoms with Crippen LogP contribution >= 0.6 is 0 Å². The van der Waals surface area contributed by atoms with Crippen LogP contribution < -0.4 is 0 Å². The molecule has 0 saturated carbocycles. The number of hydrogen-bond acceptors (Lipinski definition) is 3. The SMILES string of the molecule is CC(CCC(C)N1CCOCC1)N1CCCCC1. The molecule has 2 atom stereocenters. The molecule has 0 aromatic carbocycles. The molecule has 2 unspecified atom stereocenters. The summed E-state index contributed by atoms with van der Waals surface area (Å²) in [4.78, 5) is 5.28. The largest absolute Gasteiger partial charge is 0.379 e. The Balaban J connectivity index is 1.66. The van der Waals surface area contributed by atoms with Gasteiger partial charge in [0.2, 0.25) is 0 Å². The van der Waals surface area contributed by atoms with Crippen molar-refractivity contribution in [3.05, 3.63) is 0 Å². The Morgan fingerprint density at radius 1 is 0.778 bits per heavy atom. The third-order valence-electron chi connectivity index (χ3n) is 4.69. The summed E-state index contributed by atoms with van der Waals surface area (Å²) in [6.07, 6.45) is 6.93. The van der Waals surface area contributed by atoms with Crippen molar-refractivity contribution in [3.8, 4) is 0 Å². The van der Waals surface area contributed by atoms with E-state index in [-0.39, 0.29) is 0 Å². The molecule has 2 aliphatic rings. The van der Waals surface area contributed by atoms with Gasteiger partial charge in [-0.2, -0.15) is 0 Å². The molecule has 0 N–H and O–H groups in total. The molecule has 2 fully saturated rings. The summed E-state index contributed by atoms with van der Waals surface area (Å²) >= 11 is 0. The van der Waals surface area contributed by atoms with Gasteiger partial charge in [-0.1, -0.05) is 6.42 Å². The third kappa shape index (κ3) is 4.22. The van der Waals surface area contributed by atoms with Crippen LogP contribution in [0.1, 0.15) is 46.0 Å². The van der Waals surface area contributed by atoms with Crippen LogP contribution in [0, 0.1) is 0 Å². The minimum atomic E-state index is 0.723. The first kappa shape index (κ1) is 14.3. The number of rotatable bonds is 5. The fourth-order valence-electron chi connectivity index (χ4n) is 3.22. The summed E-state index contributed by atoms with van der Waals surface area (Å²) in [6, 6.07) is 1.50. The summed E-state index contributed by atoms with van der Waals surface area (Å²) in [7, 11) is 0. The van der Waals surface area contributed by atoms with Crippen molar-refractivity contribution in [1.29, 1.82) is 0 Å². The van der Waals surface area contributed by atoms with Crippen molar-refractivity contribution in [2.24, 2.45) is 0 Å². The first-order valence-corrected chi connectivity index (χ1v) is 7.83. The lowest BCUT2D eigenvalue weighted by molar-refractivity contribution is 0.0165. The quantitative estimate of drug-likeness (QED) is 0.749. The van der Waals surface area contributed by atoms with Crippen LogP contribution in [0.5, 0.6) is 0 Å². The van der Waals surface area contributed by atoms with Gasteiger partial charge in [0.15, 0.2) is 0 Å². The number of hydrogen-bond donors (Lipinski definition) is 0.